The number of hydrogen-bond acceptors (Lipinski definition) is 5. The molecule has 2 N–H and O–H groups in total. The molecular weight excluding hydrogens is 228 g/mol. The van der Waals surface area contributed by atoms with Crippen molar-refractivity contribution in [3.63, 3.8) is 0 Å². The molecule has 0 aliphatic heterocycles. The number of oxazole rings is 1. The van der Waals surface area contributed by atoms with E-state index in [2.05, 4.69) is 20.6 Å². The average molecular weight is 238 g/mol. The molecule has 0 aromatic carbocycles. The number of nitrogens with zero attached hydrogens (tertiary/aromatic N) is 2. The number of nitrogens with one attached hydrogen (secondary N) is 2. The highest BCUT2D eigenvalue weighted by Gasteiger charge is 2.05. The normalized spacial score (nSPS) is 10.1. The first-order valence-corrected chi connectivity index (χ1v) is 5.47. The zero-order valence-electron chi connectivity index (χ0n) is 8.56. The van der Waals surface area contributed by atoms with Gasteiger partial charge in [0.2, 0.25) is 0 Å². The van der Waals surface area contributed by atoms with E-state index in [0.29, 0.717) is 6.54 Å². The summed E-state index contributed by atoms with van der Waals surface area (Å²) in [6, 6.07) is -0.192. The van der Waals surface area contributed by atoms with Crippen LogP contribution < -0.4 is 10.6 Å². The summed E-state index contributed by atoms with van der Waals surface area (Å²) < 4.78 is 4.86. The number of urea groups is 1. The van der Waals surface area contributed by atoms with E-state index in [1.807, 2.05) is 12.3 Å². The third kappa shape index (κ3) is 2.80. The van der Waals surface area contributed by atoms with Crippen molar-refractivity contribution < 1.29 is 9.21 Å². The quantitative estimate of drug-likeness (QED) is 0.853. The minimum absolute atomic E-state index is 0.174. The van der Waals surface area contributed by atoms with Crippen LogP contribution in [-0.2, 0) is 6.54 Å². The Morgan fingerprint density at radius 3 is 3.12 bits per heavy atom. The van der Waals surface area contributed by atoms with Gasteiger partial charge in [0.05, 0.1) is 12.7 Å². The van der Waals surface area contributed by atoms with Crippen LogP contribution in [0.3, 0.4) is 0 Å². The number of aromatic nitrogens is 2. The Morgan fingerprint density at radius 1 is 1.62 bits per heavy atom. The molecule has 2 rings (SSSR count). The molecule has 84 valence electrons. The van der Waals surface area contributed by atoms with Crippen LogP contribution in [0, 0.1) is 6.92 Å². The standard InChI is InChI=1S/C9H10N4O2S/c1-6-5-16-7(12-6)4-11-8(14)13-9-10-2-3-15-9/h2-3,5H,4H2,1H3,(H2,10,11,13,14). The summed E-state index contributed by atoms with van der Waals surface area (Å²) >= 11 is 1.51. The lowest BCUT2D eigenvalue weighted by Crippen LogP contribution is -2.28. The third-order valence-electron chi connectivity index (χ3n) is 1.72. The van der Waals surface area contributed by atoms with Crippen LogP contribution in [0.1, 0.15) is 10.7 Å². The molecule has 0 radical (unpaired) electrons. The van der Waals surface area contributed by atoms with E-state index < -0.39 is 0 Å². The Bertz CT molecular complexity index is 466. The third-order valence-corrected chi connectivity index (χ3v) is 2.69. The predicted molar refractivity (Wildman–Crippen MR) is 59.2 cm³/mol. The van der Waals surface area contributed by atoms with Crippen LogP contribution in [0.2, 0.25) is 0 Å². The van der Waals surface area contributed by atoms with E-state index in [1.165, 1.54) is 23.8 Å². The van der Waals surface area contributed by atoms with Gasteiger partial charge < -0.3 is 9.73 Å². The molecule has 2 heterocycles. The molecule has 0 fully saturated rings. The summed E-state index contributed by atoms with van der Waals surface area (Å²) in [5.74, 6) is 0. The minimum Gasteiger partial charge on any atom is -0.432 e. The van der Waals surface area contributed by atoms with Gasteiger partial charge in [-0.1, -0.05) is 0 Å². The topological polar surface area (TPSA) is 80.0 Å². The lowest BCUT2D eigenvalue weighted by molar-refractivity contribution is 0.251. The van der Waals surface area contributed by atoms with Crippen LogP contribution >= 0.6 is 11.3 Å². The van der Waals surface area contributed by atoms with Crippen molar-refractivity contribution in [2.24, 2.45) is 0 Å². The summed E-state index contributed by atoms with van der Waals surface area (Å²) in [6.45, 7) is 2.30. The molecule has 0 spiro atoms. The fourth-order valence-corrected chi connectivity index (χ4v) is 1.78. The Morgan fingerprint density at radius 2 is 2.50 bits per heavy atom. The van der Waals surface area contributed by atoms with Crippen molar-refractivity contribution in [3.05, 3.63) is 28.5 Å². The van der Waals surface area contributed by atoms with Gasteiger partial charge >= 0.3 is 12.0 Å². The minimum atomic E-state index is -0.365. The molecule has 2 amide bonds. The number of rotatable bonds is 3. The summed E-state index contributed by atoms with van der Waals surface area (Å²) in [7, 11) is 0. The summed E-state index contributed by atoms with van der Waals surface area (Å²) in [4.78, 5) is 19.3. The molecule has 7 heteroatoms. The summed E-state index contributed by atoms with van der Waals surface area (Å²) in [5.41, 5.74) is 0.954. The second kappa shape index (κ2) is 4.75. The SMILES string of the molecule is Cc1csc(CNC(=O)Nc2ncco2)n1. The maximum absolute atomic E-state index is 11.3. The van der Waals surface area contributed by atoms with Gasteiger partial charge in [0.15, 0.2) is 0 Å². The second-order valence-corrected chi connectivity index (χ2v) is 3.97. The van der Waals surface area contributed by atoms with Gasteiger partial charge in [0.25, 0.3) is 0 Å². The lowest BCUT2D eigenvalue weighted by Gasteiger charge is -2.01. The first-order valence-electron chi connectivity index (χ1n) is 4.59. The zero-order valence-corrected chi connectivity index (χ0v) is 9.37. The van der Waals surface area contributed by atoms with Crippen LogP contribution in [-0.4, -0.2) is 16.0 Å². The van der Waals surface area contributed by atoms with Crippen molar-refractivity contribution in [1.82, 2.24) is 15.3 Å². The first-order chi connectivity index (χ1) is 7.74. The molecule has 0 saturated carbocycles. The number of amides is 2. The van der Waals surface area contributed by atoms with Crippen LogP contribution in [0.5, 0.6) is 0 Å². The number of anilines is 1. The lowest BCUT2D eigenvalue weighted by atomic mass is 10.6. The number of carbonyl (C=O) groups is 1. The Hall–Kier alpha value is -1.89. The molecule has 2 aromatic rings. The fraction of sp³-hybridized carbons (Fsp3) is 0.222. The van der Waals surface area contributed by atoms with Gasteiger partial charge in [0.1, 0.15) is 11.3 Å². The van der Waals surface area contributed by atoms with Crippen molar-refractivity contribution in [3.8, 4) is 0 Å². The number of hydrogen-bond donors (Lipinski definition) is 2. The first kappa shape index (κ1) is 10.6. The van der Waals surface area contributed by atoms with Gasteiger partial charge in [-0.3, -0.25) is 5.32 Å². The molecule has 0 saturated heterocycles. The van der Waals surface area contributed by atoms with E-state index in [9.17, 15) is 4.79 Å². The Kier molecular flexibility index (Phi) is 3.16. The maximum Gasteiger partial charge on any atom is 0.323 e. The molecule has 16 heavy (non-hydrogen) atoms. The highest BCUT2D eigenvalue weighted by atomic mass is 32.1. The number of thiazole rings is 1. The van der Waals surface area contributed by atoms with Crippen molar-refractivity contribution in [1.29, 1.82) is 0 Å². The van der Waals surface area contributed by atoms with E-state index >= 15 is 0 Å². The van der Waals surface area contributed by atoms with Crippen LogP contribution in [0.25, 0.3) is 0 Å². The molecule has 0 aliphatic rings. The number of carbonyl (C=O) groups excluding carboxylic acids is 1. The predicted octanol–water partition coefficient (Wildman–Crippen LogP) is 1.76. The van der Waals surface area contributed by atoms with Gasteiger partial charge in [0, 0.05) is 11.1 Å². The number of aryl methyl sites for hydroxylation is 1. The van der Waals surface area contributed by atoms with Crippen LogP contribution in [0.15, 0.2) is 22.3 Å². The highest BCUT2D eigenvalue weighted by molar-refractivity contribution is 7.09. The van der Waals surface area contributed by atoms with Gasteiger partial charge in [-0.2, -0.15) is 0 Å². The van der Waals surface area contributed by atoms with Gasteiger partial charge in [-0.25, -0.2) is 14.8 Å². The molecule has 0 bridgehead atoms. The fourth-order valence-electron chi connectivity index (χ4n) is 1.07. The van der Waals surface area contributed by atoms with E-state index in [4.69, 9.17) is 4.42 Å². The second-order valence-electron chi connectivity index (χ2n) is 3.03. The molecular formula is C9H10N4O2S. The van der Waals surface area contributed by atoms with E-state index in [0.717, 1.165) is 10.7 Å². The molecule has 2 aromatic heterocycles. The largest absolute Gasteiger partial charge is 0.432 e. The van der Waals surface area contributed by atoms with E-state index in [1.54, 1.807) is 0 Å². The van der Waals surface area contributed by atoms with Gasteiger partial charge in [-0.15, -0.1) is 11.3 Å². The monoisotopic (exact) mass is 238 g/mol. The van der Waals surface area contributed by atoms with Crippen LogP contribution in [0.4, 0.5) is 10.8 Å². The van der Waals surface area contributed by atoms with Crippen molar-refractivity contribution in [2.45, 2.75) is 13.5 Å². The van der Waals surface area contributed by atoms with Crippen molar-refractivity contribution >= 4 is 23.4 Å². The Balaban J connectivity index is 1.80. The van der Waals surface area contributed by atoms with E-state index in [-0.39, 0.29) is 12.0 Å². The average Bonchev–Trinajstić information content (AvgIpc) is 2.87. The summed E-state index contributed by atoms with van der Waals surface area (Å²) in [5, 5.41) is 7.89. The molecule has 6 nitrogen and oxygen atoms in total. The summed E-state index contributed by atoms with van der Waals surface area (Å²) in [6.07, 6.45) is 2.85. The molecule has 0 unspecified atom stereocenters. The maximum atomic E-state index is 11.3. The van der Waals surface area contributed by atoms with Crippen molar-refractivity contribution in [2.75, 3.05) is 5.32 Å². The smallest absolute Gasteiger partial charge is 0.323 e. The Labute approximate surface area is 95.7 Å². The highest BCUT2D eigenvalue weighted by Crippen LogP contribution is 2.08. The van der Waals surface area contributed by atoms with Gasteiger partial charge in [-0.05, 0) is 6.92 Å². The zero-order chi connectivity index (χ0) is 11.4. The molecule has 0 atom stereocenters. The molecule has 0 aliphatic carbocycles.